The predicted octanol–water partition coefficient (Wildman–Crippen LogP) is 3.23. The molecule has 1 aliphatic rings. The van der Waals surface area contributed by atoms with Crippen LogP contribution in [-0.4, -0.2) is 33.4 Å². The molecule has 0 saturated heterocycles. The molecule has 0 fully saturated rings. The van der Waals surface area contributed by atoms with Gasteiger partial charge in [-0.25, -0.2) is 4.98 Å². The Balaban J connectivity index is 1.42. The van der Waals surface area contributed by atoms with Crippen molar-refractivity contribution in [1.29, 1.82) is 0 Å². The molecule has 0 atom stereocenters. The summed E-state index contributed by atoms with van der Waals surface area (Å²) in [5.74, 6) is 3.08. The van der Waals surface area contributed by atoms with Crippen LogP contribution in [0.1, 0.15) is 5.56 Å². The van der Waals surface area contributed by atoms with Crippen LogP contribution in [0.15, 0.2) is 61.1 Å². The Hall–Kier alpha value is -3.81. The summed E-state index contributed by atoms with van der Waals surface area (Å²) in [6, 6.07) is 13.6. The van der Waals surface area contributed by atoms with E-state index in [-0.39, 0.29) is 6.79 Å². The number of nitrogens with zero attached hydrogens (tertiary/aromatic N) is 5. The van der Waals surface area contributed by atoms with Gasteiger partial charge in [0.15, 0.2) is 23.0 Å². The standard InChI is InChI=1S/C20H18N6O2/c1-25(12-14-3-2-8-21-10-14)19-7-6-18-22-11-20(26(18)24-19)23-15-4-5-16-17(9-15)28-13-27-16/h2-11,23H,12-13H2,1H3. The monoisotopic (exact) mass is 374 g/mol. The van der Waals surface area contributed by atoms with E-state index in [1.807, 2.05) is 55.7 Å². The van der Waals surface area contributed by atoms with Crippen LogP contribution in [-0.2, 0) is 6.54 Å². The van der Waals surface area contributed by atoms with Gasteiger partial charge in [0.05, 0.1) is 6.20 Å². The van der Waals surface area contributed by atoms with Gasteiger partial charge in [-0.2, -0.15) is 4.52 Å². The van der Waals surface area contributed by atoms with E-state index < -0.39 is 0 Å². The van der Waals surface area contributed by atoms with Gasteiger partial charge in [-0.3, -0.25) is 4.98 Å². The molecule has 5 rings (SSSR count). The van der Waals surface area contributed by atoms with Crippen molar-refractivity contribution >= 4 is 23.0 Å². The van der Waals surface area contributed by atoms with Gasteiger partial charge in [0.2, 0.25) is 6.79 Å². The molecule has 140 valence electrons. The summed E-state index contributed by atoms with van der Waals surface area (Å²) in [5.41, 5.74) is 2.76. The molecule has 0 radical (unpaired) electrons. The van der Waals surface area contributed by atoms with Gasteiger partial charge in [-0.05, 0) is 35.9 Å². The van der Waals surface area contributed by atoms with Gasteiger partial charge >= 0.3 is 0 Å². The van der Waals surface area contributed by atoms with Crippen LogP contribution < -0.4 is 19.7 Å². The van der Waals surface area contributed by atoms with Gasteiger partial charge in [0.1, 0.15) is 5.82 Å². The largest absolute Gasteiger partial charge is 0.454 e. The van der Waals surface area contributed by atoms with E-state index >= 15 is 0 Å². The van der Waals surface area contributed by atoms with Crippen molar-refractivity contribution in [3.05, 3.63) is 66.6 Å². The maximum Gasteiger partial charge on any atom is 0.231 e. The van der Waals surface area contributed by atoms with Crippen molar-refractivity contribution in [2.75, 3.05) is 24.1 Å². The lowest BCUT2D eigenvalue weighted by Gasteiger charge is -2.18. The Kier molecular flexibility index (Phi) is 3.93. The van der Waals surface area contributed by atoms with Crippen LogP contribution in [0, 0.1) is 0 Å². The molecule has 28 heavy (non-hydrogen) atoms. The van der Waals surface area contributed by atoms with E-state index in [9.17, 15) is 0 Å². The fourth-order valence-electron chi connectivity index (χ4n) is 3.12. The highest BCUT2D eigenvalue weighted by Crippen LogP contribution is 2.35. The van der Waals surface area contributed by atoms with Gasteiger partial charge in [-0.15, -0.1) is 5.10 Å². The lowest BCUT2D eigenvalue weighted by Crippen LogP contribution is -2.18. The van der Waals surface area contributed by atoms with E-state index in [0.29, 0.717) is 6.54 Å². The Morgan fingerprint density at radius 2 is 2.04 bits per heavy atom. The first kappa shape index (κ1) is 16.4. The number of anilines is 3. The Labute approximate surface area is 161 Å². The number of benzene rings is 1. The molecule has 1 aliphatic heterocycles. The van der Waals surface area contributed by atoms with Crippen molar-refractivity contribution in [3.8, 4) is 11.5 Å². The normalized spacial score (nSPS) is 12.3. The molecular weight excluding hydrogens is 356 g/mol. The molecule has 0 unspecified atom stereocenters. The van der Waals surface area contributed by atoms with Crippen molar-refractivity contribution in [2.24, 2.45) is 0 Å². The SMILES string of the molecule is CN(Cc1cccnc1)c1ccc2ncc(Nc3ccc4c(c3)OCO4)n2n1. The van der Waals surface area contributed by atoms with Crippen LogP contribution in [0.5, 0.6) is 11.5 Å². The number of rotatable bonds is 5. The molecule has 4 heterocycles. The summed E-state index contributed by atoms with van der Waals surface area (Å²) in [6.45, 7) is 0.967. The summed E-state index contributed by atoms with van der Waals surface area (Å²) in [6.07, 6.45) is 5.39. The van der Waals surface area contributed by atoms with E-state index in [1.165, 1.54) is 0 Å². The van der Waals surface area contributed by atoms with Gasteiger partial charge < -0.3 is 19.7 Å². The molecule has 3 aromatic heterocycles. The summed E-state index contributed by atoms with van der Waals surface area (Å²) in [4.78, 5) is 10.7. The van der Waals surface area contributed by atoms with E-state index in [4.69, 9.17) is 14.6 Å². The molecule has 1 N–H and O–H groups in total. The lowest BCUT2D eigenvalue weighted by atomic mass is 10.3. The predicted molar refractivity (Wildman–Crippen MR) is 105 cm³/mol. The fourth-order valence-corrected chi connectivity index (χ4v) is 3.12. The first-order valence-corrected chi connectivity index (χ1v) is 8.88. The van der Waals surface area contributed by atoms with Gasteiger partial charge in [-0.1, -0.05) is 6.07 Å². The van der Waals surface area contributed by atoms with E-state index in [0.717, 1.165) is 40.0 Å². The zero-order valence-electron chi connectivity index (χ0n) is 15.2. The van der Waals surface area contributed by atoms with Crippen LogP contribution in [0.3, 0.4) is 0 Å². The smallest absolute Gasteiger partial charge is 0.231 e. The molecule has 0 aliphatic carbocycles. The van der Waals surface area contributed by atoms with E-state index in [2.05, 4.69) is 20.2 Å². The maximum atomic E-state index is 5.44. The van der Waals surface area contributed by atoms with Crippen molar-refractivity contribution in [3.63, 3.8) is 0 Å². The number of aromatic nitrogens is 4. The van der Waals surface area contributed by atoms with Crippen LogP contribution in [0.25, 0.3) is 5.65 Å². The van der Waals surface area contributed by atoms with Gasteiger partial charge in [0.25, 0.3) is 0 Å². The summed E-state index contributed by atoms with van der Waals surface area (Å²) in [7, 11) is 2.00. The summed E-state index contributed by atoms with van der Waals surface area (Å²) in [5, 5.41) is 8.09. The quantitative estimate of drug-likeness (QED) is 0.575. The number of hydrogen-bond donors (Lipinski definition) is 1. The molecule has 0 bridgehead atoms. The Morgan fingerprint density at radius 3 is 2.93 bits per heavy atom. The first-order chi connectivity index (χ1) is 13.8. The zero-order valence-corrected chi connectivity index (χ0v) is 15.2. The number of nitrogens with one attached hydrogen (secondary N) is 1. The molecule has 8 heteroatoms. The van der Waals surface area contributed by atoms with Crippen molar-refractivity contribution in [1.82, 2.24) is 19.6 Å². The Bertz CT molecular complexity index is 1130. The van der Waals surface area contributed by atoms with Crippen molar-refractivity contribution in [2.45, 2.75) is 6.54 Å². The third kappa shape index (κ3) is 3.05. The zero-order chi connectivity index (χ0) is 18.9. The number of pyridine rings is 1. The summed E-state index contributed by atoms with van der Waals surface area (Å²) < 4.78 is 12.6. The topological polar surface area (TPSA) is 76.8 Å². The minimum atomic E-state index is 0.253. The number of fused-ring (bicyclic) bond motifs is 2. The molecule has 0 spiro atoms. The highest BCUT2D eigenvalue weighted by Gasteiger charge is 2.14. The lowest BCUT2D eigenvalue weighted by molar-refractivity contribution is 0.174. The Morgan fingerprint density at radius 1 is 1.11 bits per heavy atom. The number of hydrogen-bond acceptors (Lipinski definition) is 7. The highest BCUT2D eigenvalue weighted by molar-refractivity contribution is 5.64. The first-order valence-electron chi connectivity index (χ1n) is 8.88. The third-order valence-corrected chi connectivity index (χ3v) is 4.53. The minimum absolute atomic E-state index is 0.253. The average molecular weight is 374 g/mol. The van der Waals surface area contributed by atoms with Crippen LogP contribution >= 0.6 is 0 Å². The second-order valence-electron chi connectivity index (χ2n) is 6.52. The van der Waals surface area contributed by atoms with E-state index in [1.54, 1.807) is 16.9 Å². The fraction of sp³-hybridized carbons (Fsp3) is 0.150. The second-order valence-corrected chi connectivity index (χ2v) is 6.52. The average Bonchev–Trinajstić information content (AvgIpc) is 3.35. The number of imidazole rings is 1. The minimum Gasteiger partial charge on any atom is -0.454 e. The highest BCUT2D eigenvalue weighted by atomic mass is 16.7. The molecular formula is C20H18N6O2. The van der Waals surface area contributed by atoms with Gasteiger partial charge in [0, 0.05) is 37.7 Å². The molecule has 4 aromatic rings. The van der Waals surface area contributed by atoms with Crippen molar-refractivity contribution < 1.29 is 9.47 Å². The van der Waals surface area contributed by atoms with Crippen LogP contribution in [0.2, 0.25) is 0 Å². The molecule has 0 saturated carbocycles. The van der Waals surface area contributed by atoms with Crippen LogP contribution in [0.4, 0.5) is 17.3 Å². The third-order valence-electron chi connectivity index (χ3n) is 4.53. The maximum absolute atomic E-state index is 5.44. The summed E-state index contributed by atoms with van der Waals surface area (Å²) >= 11 is 0. The number of ether oxygens (including phenoxy) is 2. The second kappa shape index (κ2) is 6.73. The molecule has 1 aromatic carbocycles. The molecule has 0 amide bonds. The molecule has 8 nitrogen and oxygen atoms in total.